The Morgan fingerprint density at radius 1 is 1.41 bits per heavy atom. The number of β-amino-alcohol motifs (C(OH)–C–C–N with tert-alkyl or cyclic N) is 1. The number of hydrogen-bond donors (Lipinski definition) is 3. The van der Waals surface area contributed by atoms with Crippen LogP contribution in [-0.2, 0) is 9.59 Å². The first-order valence-electron chi connectivity index (χ1n) is 5.92. The SMILES string of the molecule is CC(C(=O)N1CC(O)C[C@H]1C(=O)O)C1CNC1. The zero-order chi connectivity index (χ0) is 12.6. The Morgan fingerprint density at radius 3 is 2.53 bits per heavy atom. The number of aliphatic hydroxyl groups is 1. The molecule has 2 unspecified atom stereocenters. The Labute approximate surface area is 99.6 Å². The van der Waals surface area contributed by atoms with Crippen LogP contribution in [0.5, 0.6) is 0 Å². The molecule has 2 rings (SSSR count). The van der Waals surface area contributed by atoms with Gasteiger partial charge in [0.2, 0.25) is 5.91 Å². The second kappa shape index (κ2) is 4.62. The van der Waals surface area contributed by atoms with Crippen molar-refractivity contribution in [2.24, 2.45) is 11.8 Å². The molecule has 96 valence electrons. The molecule has 0 aromatic heterocycles. The largest absolute Gasteiger partial charge is 0.480 e. The van der Waals surface area contributed by atoms with E-state index < -0.39 is 18.1 Å². The van der Waals surface area contributed by atoms with Gasteiger partial charge in [0.05, 0.1) is 6.10 Å². The number of hydrogen-bond acceptors (Lipinski definition) is 4. The highest BCUT2D eigenvalue weighted by Crippen LogP contribution is 2.25. The van der Waals surface area contributed by atoms with Gasteiger partial charge >= 0.3 is 5.97 Å². The maximum absolute atomic E-state index is 12.2. The number of aliphatic carboxylic acids is 1. The average molecular weight is 242 g/mol. The van der Waals surface area contributed by atoms with Gasteiger partial charge in [-0.25, -0.2) is 4.79 Å². The molecule has 2 fully saturated rings. The summed E-state index contributed by atoms with van der Waals surface area (Å²) in [4.78, 5) is 24.5. The van der Waals surface area contributed by atoms with E-state index in [0.29, 0.717) is 0 Å². The van der Waals surface area contributed by atoms with Gasteiger partial charge in [0.15, 0.2) is 0 Å². The van der Waals surface area contributed by atoms with Gasteiger partial charge in [0, 0.05) is 18.9 Å². The summed E-state index contributed by atoms with van der Waals surface area (Å²) in [6, 6.07) is -0.868. The average Bonchev–Trinajstić information content (AvgIpc) is 2.56. The molecule has 2 saturated heterocycles. The summed E-state index contributed by atoms with van der Waals surface area (Å²) in [7, 11) is 0. The lowest BCUT2D eigenvalue weighted by atomic mass is 9.88. The van der Waals surface area contributed by atoms with Gasteiger partial charge in [-0.2, -0.15) is 0 Å². The van der Waals surface area contributed by atoms with Crippen LogP contribution in [0.25, 0.3) is 0 Å². The molecule has 6 heteroatoms. The van der Waals surface area contributed by atoms with Crippen LogP contribution in [0.15, 0.2) is 0 Å². The van der Waals surface area contributed by atoms with Gasteiger partial charge in [-0.1, -0.05) is 6.92 Å². The molecule has 2 aliphatic rings. The second-order valence-electron chi connectivity index (χ2n) is 4.94. The van der Waals surface area contributed by atoms with Crippen LogP contribution in [0, 0.1) is 11.8 Å². The number of aliphatic hydroxyl groups excluding tert-OH is 1. The molecule has 0 bridgehead atoms. The lowest BCUT2D eigenvalue weighted by Gasteiger charge is -2.34. The van der Waals surface area contributed by atoms with Gasteiger partial charge in [-0.05, 0) is 19.0 Å². The predicted octanol–water partition coefficient (Wildman–Crippen LogP) is -1.11. The topological polar surface area (TPSA) is 89.9 Å². The summed E-state index contributed by atoms with van der Waals surface area (Å²) in [5, 5.41) is 21.6. The highest BCUT2D eigenvalue weighted by molar-refractivity contribution is 5.86. The van der Waals surface area contributed by atoms with Crippen LogP contribution < -0.4 is 5.32 Å². The fraction of sp³-hybridized carbons (Fsp3) is 0.818. The fourth-order valence-electron chi connectivity index (χ4n) is 2.42. The fourth-order valence-corrected chi connectivity index (χ4v) is 2.42. The van der Waals surface area contributed by atoms with Crippen molar-refractivity contribution in [3.8, 4) is 0 Å². The van der Waals surface area contributed by atoms with Gasteiger partial charge in [0.1, 0.15) is 6.04 Å². The number of carboxylic acids is 1. The van der Waals surface area contributed by atoms with E-state index >= 15 is 0 Å². The Balaban J connectivity index is 2.04. The van der Waals surface area contributed by atoms with Crippen LogP contribution in [0.2, 0.25) is 0 Å². The van der Waals surface area contributed by atoms with Crippen molar-refractivity contribution < 1.29 is 19.8 Å². The van der Waals surface area contributed by atoms with E-state index in [1.165, 1.54) is 4.90 Å². The number of carbonyl (C=O) groups is 2. The Hall–Kier alpha value is -1.14. The molecule has 1 amide bonds. The van der Waals surface area contributed by atoms with E-state index in [9.17, 15) is 14.7 Å². The third-order valence-corrected chi connectivity index (χ3v) is 3.76. The normalized spacial score (nSPS) is 31.1. The minimum atomic E-state index is -1.03. The monoisotopic (exact) mass is 242 g/mol. The molecule has 0 radical (unpaired) electrons. The highest BCUT2D eigenvalue weighted by atomic mass is 16.4. The summed E-state index contributed by atoms with van der Waals surface area (Å²) in [5.41, 5.74) is 0. The van der Waals surface area contributed by atoms with Crippen LogP contribution in [-0.4, -0.2) is 58.8 Å². The first-order chi connectivity index (χ1) is 8.00. The van der Waals surface area contributed by atoms with Crippen molar-refractivity contribution in [1.29, 1.82) is 0 Å². The Bertz CT molecular complexity index is 329. The third-order valence-electron chi connectivity index (χ3n) is 3.76. The van der Waals surface area contributed by atoms with Crippen molar-refractivity contribution >= 4 is 11.9 Å². The van der Waals surface area contributed by atoms with E-state index in [4.69, 9.17) is 5.11 Å². The van der Waals surface area contributed by atoms with Crippen molar-refractivity contribution in [1.82, 2.24) is 10.2 Å². The van der Waals surface area contributed by atoms with Crippen molar-refractivity contribution in [2.75, 3.05) is 19.6 Å². The van der Waals surface area contributed by atoms with Crippen LogP contribution in [0.4, 0.5) is 0 Å². The molecule has 3 N–H and O–H groups in total. The summed E-state index contributed by atoms with van der Waals surface area (Å²) in [5.74, 6) is -1.08. The third kappa shape index (κ3) is 2.28. The molecule has 0 aromatic rings. The number of carbonyl (C=O) groups excluding carboxylic acids is 1. The van der Waals surface area contributed by atoms with Crippen molar-refractivity contribution in [3.63, 3.8) is 0 Å². The van der Waals surface area contributed by atoms with E-state index in [1.54, 1.807) is 0 Å². The Morgan fingerprint density at radius 2 is 2.06 bits per heavy atom. The van der Waals surface area contributed by atoms with Crippen LogP contribution in [0.1, 0.15) is 13.3 Å². The molecule has 3 atom stereocenters. The van der Waals surface area contributed by atoms with Crippen LogP contribution in [0.3, 0.4) is 0 Å². The minimum absolute atomic E-state index is 0.136. The smallest absolute Gasteiger partial charge is 0.326 e. The van der Waals surface area contributed by atoms with E-state index in [2.05, 4.69) is 5.32 Å². The van der Waals surface area contributed by atoms with Crippen molar-refractivity contribution in [2.45, 2.75) is 25.5 Å². The first kappa shape index (κ1) is 12.3. The molecule has 6 nitrogen and oxygen atoms in total. The summed E-state index contributed by atoms with van der Waals surface area (Å²) in [6.07, 6.45) is -0.580. The highest BCUT2D eigenvalue weighted by Gasteiger charge is 2.42. The zero-order valence-electron chi connectivity index (χ0n) is 9.80. The number of rotatable bonds is 3. The molecule has 0 aliphatic carbocycles. The molecule has 0 spiro atoms. The molecule has 17 heavy (non-hydrogen) atoms. The van der Waals surface area contributed by atoms with Crippen LogP contribution >= 0.6 is 0 Å². The Kier molecular flexibility index (Phi) is 3.35. The standard InChI is InChI=1S/C11H18N2O4/c1-6(7-3-12-4-7)10(15)13-5-8(14)2-9(13)11(16)17/h6-9,12,14H,2-5H2,1H3,(H,16,17)/t6?,8?,9-/m0/s1. The lowest BCUT2D eigenvalue weighted by Crippen LogP contribution is -2.52. The molecular weight excluding hydrogens is 224 g/mol. The lowest BCUT2D eigenvalue weighted by molar-refractivity contribution is -0.150. The maximum Gasteiger partial charge on any atom is 0.326 e. The van der Waals surface area contributed by atoms with Gasteiger partial charge < -0.3 is 20.4 Å². The first-order valence-corrected chi connectivity index (χ1v) is 5.92. The summed E-state index contributed by atoms with van der Waals surface area (Å²) >= 11 is 0. The summed E-state index contributed by atoms with van der Waals surface area (Å²) < 4.78 is 0. The molecule has 2 heterocycles. The number of likely N-dealkylation sites (tertiary alicyclic amines) is 1. The number of carboxylic acid groups (broad SMARTS) is 1. The predicted molar refractivity (Wildman–Crippen MR) is 59.3 cm³/mol. The number of amides is 1. The molecule has 0 aromatic carbocycles. The van der Waals surface area contributed by atoms with Gasteiger partial charge in [-0.3, -0.25) is 4.79 Å². The zero-order valence-corrected chi connectivity index (χ0v) is 9.80. The van der Waals surface area contributed by atoms with Gasteiger partial charge in [0.25, 0.3) is 0 Å². The second-order valence-corrected chi connectivity index (χ2v) is 4.94. The quantitative estimate of drug-likeness (QED) is 0.584. The van der Waals surface area contributed by atoms with E-state index in [0.717, 1.165) is 13.1 Å². The molecule has 2 aliphatic heterocycles. The van der Waals surface area contributed by atoms with Crippen molar-refractivity contribution in [3.05, 3.63) is 0 Å². The van der Waals surface area contributed by atoms with Gasteiger partial charge in [-0.15, -0.1) is 0 Å². The molecule has 0 saturated carbocycles. The summed E-state index contributed by atoms with van der Waals surface area (Å²) in [6.45, 7) is 3.58. The van der Waals surface area contributed by atoms with E-state index in [1.807, 2.05) is 6.92 Å². The van der Waals surface area contributed by atoms with E-state index in [-0.39, 0.29) is 30.7 Å². The maximum atomic E-state index is 12.2. The minimum Gasteiger partial charge on any atom is -0.480 e. The number of nitrogens with one attached hydrogen (secondary N) is 1. The molecular formula is C11H18N2O4. The number of nitrogens with zero attached hydrogens (tertiary/aromatic N) is 1.